The molecule has 0 spiro atoms. The van der Waals surface area contributed by atoms with Crippen molar-refractivity contribution in [3.05, 3.63) is 29.8 Å². The second-order valence-corrected chi connectivity index (χ2v) is 6.39. The van der Waals surface area contributed by atoms with Crippen molar-refractivity contribution < 1.29 is 8.42 Å². The molecular formula is C13H20ClNO2S. The lowest BCUT2D eigenvalue weighted by molar-refractivity contribution is 0.410. The van der Waals surface area contributed by atoms with Gasteiger partial charge in [-0.05, 0) is 30.5 Å². The Balaban J connectivity index is 3.08. The van der Waals surface area contributed by atoms with E-state index in [2.05, 4.69) is 0 Å². The standard InChI is InChI=1S/C13H20ClNO2S/c1-3-8-15(9-4-2)18(16,17)13-7-5-6-12(10-13)11-14/h5-7,10H,3-4,8-9,11H2,1-2H3. The highest BCUT2D eigenvalue weighted by Gasteiger charge is 2.22. The highest BCUT2D eigenvalue weighted by atomic mass is 35.5. The van der Waals surface area contributed by atoms with E-state index in [1.54, 1.807) is 22.5 Å². The van der Waals surface area contributed by atoms with Gasteiger partial charge in [0.25, 0.3) is 0 Å². The van der Waals surface area contributed by atoms with Crippen LogP contribution in [0.5, 0.6) is 0 Å². The lowest BCUT2D eigenvalue weighted by Crippen LogP contribution is -2.32. The van der Waals surface area contributed by atoms with E-state index < -0.39 is 10.0 Å². The Hall–Kier alpha value is -0.580. The van der Waals surface area contributed by atoms with E-state index in [0.717, 1.165) is 18.4 Å². The summed E-state index contributed by atoms with van der Waals surface area (Å²) in [6.07, 6.45) is 1.63. The molecule has 0 radical (unpaired) electrons. The monoisotopic (exact) mass is 289 g/mol. The molecule has 5 heteroatoms. The second kappa shape index (κ2) is 7.12. The van der Waals surface area contributed by atoms with Gasteiger partial charge in [-0.15, -0.1) is 11.6 Å². The number of sulfonamides is 1. The van der Waals surface area contributed by atoms with Crippen LogP contribution in [-0.2, 0) is 15.9 Å². The van der Waals surface area contributed by atoms with Crippen LogP contribution >= 0.6 is 11.6 Å². The number of nitrogens with zero attached hydrogens (tertiary/aromatic N) is 1. The van der Waals surface area contributed by atoms with E-state index in [1.165, 1.54) is 0 Å². The fraction of sp³-hybridized carbons (Fsp3) is 0.538. The van der Waals surface area contributed by atoms with Crippen LogP contribution in [0.3, 0.4) is 0 Å². The van der Waals surface area contributed by atoms with Crippen LogP contribution in [0.15, 0.2) is 29.2 Å². The highest BCUT2D eigenvalue weighted by molar-refractivity contribution is 7.89. The van der Waals surface area contributed by atoms with Gasteiger partial charge in [0.05, 0.1) is 4.90 Å². The van der Waals surface area contributed by atoms with Crippen molar-refractivity contribution in [1.29, 1.82) is 0 Å². The van der Waals surface area contributed by atoms with Crippen molar-refractivity contribution >= 4 is 21.6 Å². The van der Waals surface area contributed by atoms with Crippen LogP contribution in [0.4, 0.5) is 0 Å². The third kappa shape index (κ3) is 3.70. The van der Waals surface area contributed by atoms with E-state index in [1.807, 2.05) is 19.9 Å². The molecule has 1 aromatic rings. The van der Waals surface area contributed by atoms with Crippen molar-refractivity contribution in [2.24, 2.45) is 0 Å². The Labute approximate surface area is 115 Å². The Morgan fingerprint density at radius 3 is 2.28 bits per heavy atom. The van der Waals surface area contributed by atoms with Crippen LogP contribution < -0.4 is 0 Å². The van der Waals surface area contributed by atoms with Crippen LogP contribution in [-0.4, -0.2) is 25.8 Å². The predicted molar refractivity (Wildman–Crippen MR) is 75.3 cm³/mol. The smallest absolute Gasteiger partial charge is 0.207 e. The second-order valence-electron chi connectivity index (χ2n) is 4.19. The molecule has 0 aliphatic carbocycles. The van der Waals surface area contributed by atoms with Gasteiger partial charge < -0.3 is 0 Å². The van der Waals surface area contributed by atoms with Crippen LogP contribution in [0.2, 0.25) is 0 Å². The molecule has 1 aromatic carbocycles. The van der Waals surface area contributed by atoms with Gasteiger partial charge in [0.1, 0.15) is 0 Å². The van der Waals surface area contributed by atoms with Gasteiger partial charge in [-0.25, -0.2) is 8.42 Å². The van der Waals surface area contributed by atoms with Gasteiger partial charge in [0.2, 0.25) is 10.0 Å². The minimum atomic E-state index is -3.38. The summed E-state index contributed by atoms with van der Waals surface area (Å²) in [6.45, 7) is 5.07. The van der Waals surface area contributed by atoms with Gasteiger partial charge in [-0.3, -0.25) is 0 Å². The molecular weight excluding hydrogens is 270 g/mol. The van der Waals surface area contributed by atoms with Crippen molar-refractivity contribution in [3.63, 3.8) is 0 Å². The molecule has 0 N–H and O–H groups in total. The van der Waals surface area contributed by atoms with E-state index in [0.29, 0.717) is 23.9 Å². The lowest BCUT2D eigenvalue weighted by atomic mass is 10.2. The molecule has 3 nitrogen and oxygen atoms in total. The van der Waals surface area contributed by atoms with E-state index in [4.69, 9.17) is 11.6 Å². The molecule has 0 saturated carbocycles. The average molecular weight is 290 g/mol. The molecule has 0 heterocycles. The maximum Gasteiger partial charge on any atom is 0.243 e. The zero-order valence-corrected chi connectivity index (χ0v) is 12.5. The number of hydrogen-bond acceptors (Lipinski definition) is 2. The zero-order chi connectivity index (χ0) is 13.6. The minimum absolute atomic E-state index is 0.324. The predicted octanol–water partition coefficient (Wildman–Crippen LogP) is 3.24. The Kier molecular flexibility index (Phi) is 6.12. The summed E-state index contributed by atoms with van der Waals surface area (Å²) >= 11 is 5.74. The summed E-state index contributed by atoms with van der Waals surface area (Å²) in [5.41, 5.74) is 0.825. The summed E-state index contributed by atoms with van der Waals surface area (Å²) in [6, 6.07) is 6.85. The molecule has 1 rings (SSSR count). The minimum Gasteiger partial charge on any atom is -0.207 e. The van der Waals surface area contributed by atoms with Crippen molar-refractivity contribution in [2.45, 2.75) is 37.5 Å². The first-order chi connectivity index (χ1) is 8.56. The molecule has 0 aliphatic heterocycles. The molecule has 0 bridgehead atoms. The first-order valence-electron chi connectivity index (χ1n) is 6.21. The highest BCUT2D eigenvalue weighted by Crippen LogP contribution is 2.18. The number of benzene rings is 1. The number of rotatable bonds is 7. The SMILES string of the molecule is CCCN(CCC)S(=O)(=O)c1cccc(CCl)c1. The Morgan fingerprint density at radius 1 is 1.17 bits per heavy atom. The quantitative estimate of drug-likeness (QED) is 0.723. The molecule has 102 valence electrons. The summed E-state index contributed by atoms with van der Waals surface area (Å²) in [5.74, 6) is 0.324. The first kappa shape index (κ1) is 15.5. The molecule has 0 saturated heterocycles. The normalized spacial score (nSPS) is 12.0. The van der Waals surface area contributed by atoms with Crippen LogP contribution in [0.1, 0.15) is 32.3 Å². The Bertz CT molecular complexity index is 468. The fourth-order valence-corrected chi connectivity index (χ4v) is 3.65. The third-order valence-corrected chi connectivity index (χ3v) is 4.84. The summed E-state index contributed by atoms with van der Waals surface area (Å²) < 4.78 is 26.5. The summed E-state index contributed by atoms with van der Waals surface area (Å²) in [5, 5.41) is 0. The average Bonchev–Trinajstić information content (AvgIpc) is 2.38. The number of halogens is 1. The molecule has 0 atom stereocenters. The van der Waals surface area contributed by atoms with Gasteiger partial charge in [-0.2, -0.15) is 4.31 Å². The van der Waals surface area contributed by atoms with Gasteiger partial charge in [0.15, 0.2) is 0 Å². The maximum atomic E-state index is 12.5. The molecule has 0 fully saturated rings. The third-order valence-electron chi connectivity index (χ3n) is 2.64. The van der Waals surface area contributed by atoms with Gasteiger partial charge in [-0.1, -0.05) is 26.0 Å². The summed E-state index contributed by atoms with van der Waals surface area (Å²) in [7, 11) is -3.38. The zero-order valence-electron chi connectivity index (χ0n) is 10.9. The largest absolute Gasteiger partial charge is 0.243 e. The van der Waals surface area contributed by atoms with Gasteiger partial charge >= 0.3 is 0 Å². The van der Waals surface area contributed by atoms with E-state index in [9.17, 15) is 8.42 Å². The number of alkyl halides is 1. The molecule has 0 amide bonds. The fourth-order valence-electron chi connectivity index (χ4n) is 1.79. The van der Waals surface area contributed by atoms with Crippen molar-refractivity contribution in [3.8, 4) is 0 Å². The molecule has 0 unspecified atom stereocenters. The first-order valence-corrected chi connectivity index (χ1v) is 8.18. The molecule has 18 heavy (non-hydrogen) atoms. The number of hydrogen-bond donors (Lipinski definition) is 0. The lowest BCUT2D eigenvalue weighted by Gasteiger charge is -2.21. The van der Waals surface area contributed by atoms with Crippen molar-refractivity contribution in [2.75, 3.05) is 13.1 Å². The van der Waals surface area contributed by atoms with E-state index in [-0.39, 0.29) is 0 Å². The molecule has 0 aliphatic rings. The van der Waals surface area contributed by atoms with Gasteiger partial charge in [0, 0.05) is 19.0 Å². The van der Waals surface area contributed by atoms with Crippen LogP contribution in [0.25, 0.3) is 0 Å². The van der Waals surface area contributed by atoms with E-state index >= 15 is 0 Å². The molecule has 0 aromatic heterocycles. The summed E-state index contributed by atoms with van der Waals surface area (Å²) in [4.78, 5) is 0.336. The topological polar surface area (TPSA) is 37.4 Å². The Morgan fingerprint density at radius 2 is 1.78 bits per heavy atom. The van der Waals surface area contributed by atoms with Crippen LogP contribution in [0, 0.1) is 0 Å². The maximum absolute atomic E-state index is 12.5. The van der Waals surface area contributed by atoms with Crippen molar-refractivity contribution in [1.82, 2.24) is 4.31 Å².